The van der Waals surface area contributed by atoms with Crippen LogP contribution in [0.2, 0.25) is 0 Å². The molecule has 0 saturated heterocycles. The van der Waals surface area contributed by atoms with Gasteiger partial charge in [0.2, 0.25) is 0 Å². The first kappa shape index (κ1) is 12.0. The normalized spacial score (nSPS) is 14.5. The molecule has 1 rings (SSSR count). The largest absolute Gasteiger partial charge is 0.386 e. The van der Waals surface area contributed by atoms with E-state index < -0.39 is 5.60 Å². The van der Waals surface area contributed by atoms with Gasteiger partial charge in [-0.05, 0) is 12.5 Å². The molecular formula is C13H18O2. The summed E-state index contributed by atoms with van der Waals surface area (Å²) in [7, 11) is 0. The fourth-order valence-electron chi connectivity index (χ4n) is 1.15. The van der Waals surface area contributed by atoms with E-state index in [0.717, 1.165) is 5.56 Å². The number of aliphatic hydroxyl groups is 1. The first-order valence-electron chi connectivity index (χ1n) is 5.12. The second-order valence-corrected chi connectivity index (χ2v) is 3.85. The van der Waals surface area contributed by atoms with E-state index >= 15 is 0 Å². The van der Waals surface area contributed by atoms with Crippen LogP contribution in [0, 0.1) is 0 Å². The third kappa shape index (κ3) is 4.77. The summed E-state index contributed by atoms with van der Waals surface area (Å²) in [4.78, 5) is 0. The van der Waals surface area contributed by atoms with Crippen molar-refractivity contribution in [3.05, 3.63) is 48.6 Å². The van der Waals surface area contributed by atoms with Crippen molar-refractivity contribution in [3.8, 4) is 0 Å². The molecule has 0 saturated carbocycles. The molecule has 82 valence electrons. The van der Waals surface area contributed by atoms with Gasteiger partial charge in [-0.25, -0.2) is 0 Å². The predicted octanol–water partition coefficient (Wildman–Crippen LogP) is 2.53. The molecule has 0 aromatic heterocycles. The first-order valence-corrected chi connectivity index (χ1v) is 5.12. The summed E-state index contributed by atoms with van der Waals surface area (Å²) in [5, 5.41) is 9.62. The highest BCUT2D eigenvalue weighted by Crippen LogP contribution is 2.10. The molecule has 0 bridgehead atoms. The molecule has 0 unspecified atom stereocenters. The van der Waals surface area contributed by atoms with Crippen molar-refractivity contribution in [1.29, 1.82) is 0 Å². The zero-order chi connectivity index (χ0) is 11.1. The topological polar surface area (TPSA) is 29.5 Å². The van der Waals surface area contributed by atoms with Crippen LogP contribution >= 0.6 is 0 Å². The van der Waals surface area contributed by atoms with Crippen LogP contribution in [0.15, 0.2) is 43.0 Å². The molecule has 1 N–H and O–H groups in total. The van der Waals surface area contributed by atoms with Gasteiger partial charge in [0, 0.05) is 6.42 Å². The fourth-order valence-corrected chi connectivity index (χ4v) is 1.15. The highest BCUT2D eigenvalue weighted by atomic mass is 16.5. The van der Waals surface area contributed by atoms with Crippen LogP contribution in [0.3, 0.4) is 0 Å². The number of ether oxygens (including phenoxy) is 1. The van der Waals surface area contributed by atoms with Crippen molar-refractivity contribution in [2.75, 3.05) is 6.61 Å². The number of rotatable bonds is 6. The van der Waals surface area contributed by atoms with Crippen LogP contribution in [0.5, 0.6) is 0 Å². The minimum absolute atomic E-state index is 0.536. The van der Waals surface area contributed by atoms with Gasteiger partial charge in [0.05, 0.1) is 18.8 Å². The van der Waals surface area contributed by atoms with Crippen molar-refractivity contribution < 1.29 is 9.84 Å². The monoisotopic (exact) mass is 206 g/mol. The lowest BCUT2D eigenvalue weighted by atomic mass is 10.0. The van der Waals surface area contributed by atoms with E-state index in [1.807, 2.05) is 30.3 Å². The molecule has 0 spiro atoms. The minimum atomic E-state index is -0.823. The zero-order valence-corrected chi connectivity index (χ0v) is 9.15. The van der Waals surface area contributed by atoms with E-state index in [9.17, 15) is 5.11 Å². The summed E-state index contributed by atoms with van der Waals surface area (Å²) in [5.41, 5.74) is 0.326. The van der Waals surface area contributed by atoms with Gasteiger partial charge in [-0.3, -0.25) is 0 Å². The Morgan fingerprint density at radius 2 is 2.07 bits per heavy atom. The standard InChI is InChI=1S/C13H18O2/c1-3-13(2,14)9-10-15-11-12-7-5-4-6-8-12/h3-8,14H,1,9-11H2,2H3/t13-/m1/s1. The average molecular weight is 206 g/mol. The number of benzene rings is 1. The van der Waals surface area contributed by atoms with Crippen molar-refractivity contribution in [2.45, 2.75) is 25.6 Å². The second-order valence-electron chi connectivity index (χ2n) is 3.85. The van der Waals surface area contributed by atoms with Crippen LogP contribution < -0.4 is 0 Å². The maximum atomic E-state index is 9.62. The highest BCUT2D eigenvalue weighted by molar-refractivity contribution is 5.13. The summed E-state index contributed by atoms with van der Waals surface area (Å²) >= 11 is 0. The molecule has 2 heteroatoms. The maximum Gasteiger partial charge on any atom is 0.0819 e. The Balaban J connectivity index is 2.20. The van der Waals surface area contributed by atoms with Gasteiger partial charge >= 0.3 is 0 Å². The van der Waals surface area contributed by atoms with Gasteiger partial charge in [0.25, 0.3) is 0 Å². The molecule has 0 aliphatic rings. The minimum Gasteiger partial charge on any atom is -0.386 e. The summed E-state index contributed by atoms with van der Waals surface area (Å²) in [5.74, 6) is 0. The molecule has 1 aromatic carbocycles. The summed E-state index contributed by atoms with van der Waals surface area (Å²) in [6.07, 6.45) is 2.11. The molecule has 2 nitrogen and oxygen atoms in total. The molecule has 0 amide bonds. The van der Waals surface area contributed by atoms with E-state index in [2.05, 4.69) is 6.58 Å². The lowest BCUT2D eigenvalue weighted by Gasteiger charge is -2.17. The van der Waals surface area contributed by atoms with Crippen molar-refractivity contribution >= 4 is 0 Å². The number of hydrogen-bond acceptors (Lipinski definition) is 2. The molecule has 0 radical (unpaired) electrons. The summed E-state index contributed by atoms with van der Waals surface area (Å²) < 4.78 is 5.45. The lowest BCUT2D eigenvalue weighted by molar-refractivity contribution is 0.0427. The Kier molecular flexibility index (Phi) is 4.53. The van der Waals surface area contributed by atoms with Gasteiger partial charge in [-0.2, -0.15) is 0 Å². The molecule has 0 aliphatic heterocycles. The average Bonchev–Trinajstić information content (AvgIpc) is 2.26. The third-order valence-corrected chi connectivity index (χ3v) is 2.30. The van der Waals surface area contributed by atoms with E-state index in [1.165, 1.54) is 0 Å². The van der Waals surface area contributed by atoms with Gasteiger partial charge in [0.15, 0.2) is 0 Å². The van der Waals surface area contributed by atoms with Gasteiger partial charge in [-0.1, -0.05) is 36.4 Å². The smallest absolute Gasteiger partial charge is 0.0819 e. The van der Waals surface area contributed by atoms with E-state index in [0.29, 0.717) is 19.6 Å². The maximum absolute atomic E-state index is 9.62. The SMILES string of the molecule is C=C[C@@](C)(O)CCOCc1ccccc1. The van der Waals surface area contributed by atoms with E-state index in [-0.39, 0.29) is 0 Å². The van der Waals surface area contributed by atoms with Crippen LogP contribution in [-0.2, 0) is 11.3 Å². The number of hydrogen-bond donors (Lipinski definition) is 1. The molecular weight excluding hydrogens is 188 g/mol. The highest BCUT2D eigenvalue weighted by Gasteiger charge is 2.14. The molecule has 1 aromatic rings. The molecule has 0 heterocycles. The Hall–Kier alpha value is -1.12. The zero-order valence-electron chi connectivity index (χ0n) is 9.15. The molecule has 0 fully saturated rings. The quantitative estimate of drug-likeness (QED) is 0.572. The molecule has 15 heavy (non-hydrogen) atoms. The Bertz CT molecular complexity index is 291. The fraction of sp³-hybridized carbons (Fsp3) is 0.385. The first-order chi connectivity index (χ1) is 7.14. The van der Waals surface area contributed by atoms with Crippen LogP contribution in [0.4, 0.5) is 0 Å². The Labute approximate surface area is 91.2 Å². The lowest BCUT2D eigenvalue weighted by Crippen LogP contribution is -2.22. The summed E-state index contributed by atoms with van der Waals surface area (Å²) in [6.45, 7) is 6.42. The van der Waals surface area contributed by atoms with Crippen molar-refractivity contribution in [1.82, 2.24) is 0 Å². The molecule has 1 atom stereocenters. The van der Waals surface area contributed by atoms with Gasteiger partial charge < -0.3 is 9.84 Å². The van der Waals surface area contributed by atoms with Crippen molar-refractivity contribution in [2.24, 2.45) is 0 Å². The molecule has 0 aliphatic carbocycles. The Morgan fingerprint density at radius 1 is 1.40 bits per heavy atom. The van der Waals surface area contributed by atoms with E-state index in [4.69, 9.17) is 4.74 Å². The van der Waals surface area contributed by atoms with E-state index in [1.54, 1.807) is 13.0 Å². The van der Waals surface area contributed by atoms with Gasteiger partial charge in [0.1, 0.15) is 0 Å². The summed E-state index contributed by atoms with van der Waals surface area (Å²) in [6, 6.07) is 9.99. The van der Waals surface area contributed by atoms with Gasteiger partial charge in [-0.15, -0.1) is 6.58 Å². The third-order valence-electron chi connectivity index (χ3n) is 2.30. The van der Waals surface area contributed by atoms with Crippen LogP contribution in [0.25, 0.3) is 0 Å². The predicted molar refractivity (Wildman–Crippen MR) is 61.5 cm³/mol. The van der Waals surface area contributed by atoms with Crippen LogP contribution in [0.1, 0.15) is 18.9 Å². The second kappa shape index (κ2) is 5.69. The Morgan fingerprint density at radius 3 is 2.67 bits per heavy atom. The van der Waals surface area contributed by atoms with Crippen LogP contribution in [-0.4, -0.2) is 17.3 Å². The van der Waals surface area contributed by atoms with Crippen molar-refractivity contribution in [3.63, 3.8) is 0 Å².